The van der Waals surface area contributed by atoms with Crippen LogP contribution < -0.4 is 0 Å². The maximum absolute atomic E-state index is 11.4. The summed E-state index contributed by atoms with van der Waals surface area (Å²) >= 11 is 0. The normalized spacial score (nSPS) is 15.5. The van der Waals surface area contributed by atoms with Crippen molar-refractivity contribution in [1.29, 1.82) is 0 Å². The maximum Gasteiger partial charge on any atom is 0.230 e. The molecular formula is C11H19NO2. The number of rotatable bonds is 6. The Bertz CT molecular complexity index is 213. The topological polar surface area (TPSA) is 37.4 Å². The van der Waals surface area contributed by atoms with E-state index in [0.717, 1.165) is 12.8 Å². The number of unbranched alkanes of at least 4 members (excludes halogenated alkanes) is 4. The number of carbonyl (C=O) groups is 2. The highest BCUT2D eigenvalue weighted by Gasteiger charge is 2.28. The van der Waals surface area contributed by atoms with Gasteiger partial charge in [-0.05, 0) is 6.42 Å². The molecule has 1 fully saturated rings. The van der Waals surface area contributed by atoms with Crippen LogP contribution in [0.25, 0.3) is 0 Å². The summed E-state index contributed by atoms with van der Waals surface area (Å²) in [5, 5.41) is 0. The van der Waals surface area contributed by atoms with Gasteiger partial charge in [0.2, 0.25) is 11.8 Å². The van der Waals surface area contributed by atoms with Crippen molar-refractivity contribution in [3.8, 4) is 0 Å². The molecule has 1 aliphatic heterocycles. The number of hydrogen-bond acceptors (Lipinski definition) is 2. The lowest BCUT2D eigenvalue weighted by atomic mass is 10.1. The van der Waals surface area contributed by atoms with Crippen molar-refractivity contribution in [2.24, 2.45) is 0 Å². The first kappa shape index (κ1) is 11.2. The SMILES string of the molecule is CCCCCCCC(=O)N1CCC1=O. The van der Waals surface area contributed by atoms with Gasteiger partial charge in [-0.25, -0.2) is 0 Å². The van der Waals surface area contributed by atoms with Crippen LogP contribution in [-0.4, -0.2) is 23.3 Å². The second-order valence-corrected chi connectivity index (χ2v) is 3.85. The average molecular weight is 197 g/mol. The number of hydrogen-bond donors (Lipinski definition) is 0. The summed E-state index contributed by atoms with van der Waals surface area (Å²) in [6.07, 6.45) is 6.83. The van der Waals surface area contributed by atoms with E-state index in [9.17, 15) is 9.59 Å². The summed E-state index contributed by atoms with van der Waals surface area (Å²) < 4.78 is 0. The Morgan fingerprint density at radius 3 is 2.50 bits per heavy atom. The monoisotopic (exact) mass is 197 g/mol. The van der Waals surface area contributed by atoms with E-state index in [0.29, 0.717) is 19.4 Å². The number of likely N-dealkylation sites (tertiary alicyclic amines) is 1. The Labute approximate surface area is 85.5 Å². The van der Waals surface area contributed by atoms with Crippen molar-refractivity contribution in [3.63, 3.8) is 0 Å². The van der Waals surface area contributed by atoms with Gasteiger partial charge in [-0.1, -0.05) is 32.6 Å². The first-order chi connectivity index (χ1) is 6.75. The van der Waals surface area contributed by atoms with Gasteiger partial charge in [0.05, 0.1) is 0 Å². The fourth-order valence-corrected chi connectivity index (χ4v) is 1.59. The molecule has 0 saturated carbocycles. The first-order valence-corrected chi connectivity index (χ1v) is 5.59. The maximum atomic E-state index is 11.4. The predicted molar refractivity (Wildman–Crippen MR) is 54.7 cm³/mol. The van der Waals surface area contributed by atoms with Gasteiger partial charge < -0.3 is 0 Å². The number of nitrogens with zero attached hydrogens (tertiary/aromatic N) is 1. The molecule has 2 amide bonds. The van der Waals surface area contributed by atoms with Crippen molar-refractivity contribution in [1.82, 2.24) is 4.90 Å². The van der Waals surface area contributed by atoms with Gasteiger partial charge in [0.15, 0.2) is 0 Å². The molecule has 3 heteroatoms. The van der Waals surface area contributed by atoms with Crippen molar-refractivity contribution in [3.05, 3.63) is 0 Å². The number of β-lactam (4-membered cyclic amide) rings is 1. The van der Waals surface area contributed by atoms with Gasteiger partial charge in [-0.2, -0.15) is 0 Å². The van der Waals surface area contributed by atoms with Gasteiger partial charge in [0.25, 0.3) is 0 Å². The lowest BCUT2D eigenvalue weighted by Gasteiger charge is -2.28. The lowest BCUT2D eigenvalue weighted by molar-refractivity contribution is -0.152. The van der Waals surface area contributed by atoms with E-state index in [1.54, 1.807) is 0 Å². The summed E-state index contributed by atoms with van der Waals surface area (Å²) in [6, 6.07) is 0. The quantitative estimate of drug-likeness (QED) is 0.483. The number of carbonyl (C=O) groups excluding carboxylic acids is 2. The molecule has 1 rings (SSSR count). The van der Waals surface area contributed by atoms with Gasteiger partial charge in [-0.3, -0.25) is 14.5 Å². The molecule has 0 bridgehead atoms. The minimum Gasteiger partial charge on any atom is -0.282 e. The Hall–Kier alpha value is -0.860. The van der Waals surface area contributed by atoms with E-state index in [1.165, 1.54) is 24.2 Å². The van der Waals surface area contributed by atoms with Crippen molar-refractivity contribution in [2.75, 3.05) is 6.54 Å². The van der Waals surface area contributed by atoms with Gasteiger partial charge in [0, 0.05) is 19.4 Å². The molecular weight excluding hydrogens is 178 g/mol. The highest BCUT2D eigenvalue weighted by molar-refractivity contribution is 5.99. The number of imide groups is 1. The molecule has 0 aromatic carbocycles. The standard InChI is InChI=1S/C11H19NO2/c1-2-3-4-5-6-7-10(13)12-9-8-11(12)14/h2-9H2,1H3. The van der Waals surface area contributed by atoms with Gasteiger partial charge in [-0.15, -0.1) is 0 Å². The third-order valence-electron chi connectivity index (χ3n) is 2.65. The Kier molecular flexibility index (Phi) is 4.63. The molecule has 0 aliphatic carbocycles. The molecule has 80 valence electrons. The second-order valence-electron chi connectivity index (χ2n) is 3.85. The molecule has 0 spiro atoms. The summed E-state index contributed by atoms with van der Waals surface area (Å²) in [4.78, 5) is 23.7. The minimum absolute atomic E-state index is 0.00329. The summed E-state index contributed by atoms with van der Waals surface area (Å²) in [7, 11) is 0. The highest BCUT2D eigenvalue weighted by atomic mass is 16.2. The summed E-state index contributed by atoms with van der Waals surface area (Å²) in [6.45, 7) is 2.82. The zero-order valence-electron chi connectivity index (χ0n) is 8.92. The fourth-order valence-electron chi connectivity index (χ4n) is 1.59. The molecule has 3 nitrogen and oxygen atoms in total. The first-order valence-electron chi connectivity index (χ1n) is 5.59. The zero-order valence-corrected chi connectivity index (χ0v) is 8.92. The molecule has 0 radical (unpaired) electrons. The van der Waals surface area contributed by atoms with Crippen LogP contribution in [0.15, 0.2) is 0 Å². The zero-order chi connectivity index (χ0) is 10.4. The Morgan fingerprint density at radius 1 is 1.29 bits per heavy atom. The van der Waals surface area contributed by atoms with Crippen molar-refractivity contribution < 1.29 is 9.59 Å². The Morgan fingerprint density at radius 2 is 2.00 bits per heavy atom. The van der Waals surface area contributed by atoms with Crippen molar-refractivity contribution in [2.45, 2.75) is 51.9 Å². The largest absolute Gasteiger partial charge is 0.282 e. The minimum atomic E-state index is 0.00329. The van der Waals surface area contributed by atoms with Gasteiger partial charge >= 0.3 is 0 Å². The van der Waals surface area contributed by atoms with Crippen LogP contribution >= 0.6 is 0 Å². The molecule has 14 heavy (non-hydrogen) atoms. The molecule has 1 aliphatic rings. The molecule has 1 saturated heterocycles. The van der Waals surface area contributed by atoms with Crippen LogP contribution in [0.5, 0.6) is 0 Å². The third kappa shape index (κ3) is 3.13. The highest BCUT2D eigenvalue weighted by Crippen LogP contribution is 2.13. The number of amides is 2. The van der Waals surface area contributed by atoms with E-state index in [4.69, 9.17) is 0 Å². The molecule has 1 heterocycles. The van der Waals surface area contributed by atoms with E-state index >= 15 is 0 Å². The van der Waals surface area contributed by atoms with Crippen molar-refractivity contribution >= 4 is 11.8 Å². The van der Waals surface area contributed by atoms with E-state index in [2.05, 4.69) is 6.92 Å². The smallest absolute Gasteiger partial charge is 0.230 e. The van der Waals surface area contributed by atoms with Crippen LogP contribution in [0.1, 0.15) is 51.9 Å². The van der Waals surface area contributed by atoms with Crippen LogP contribution in [0.2, 0.25) is 0 Å². The average Bonchev–Trinajstić information content (AvgIpc) is 2.15. The van der Waals surface area contributed by atoms with E-state index in [1.807, 2.05) is 0 Å². The Balaban J connectivity index is 2.01. The van der Waals surface area contributed by atoms with E-state index in [-0.39, 0.29) is 11.8 Å². The van der Waals surface area contributed by atoms with Crippen LogP contribution in [0, 0.1) is 0 Å². The molecule has 0 N–H and O–H groups in total. The van der Waals surface area contributed by atoms with Crippen LogP contribution in [0.4, 0.5) is 0 Å². The lowest BCUT2D eigenvalue weighted by Crippen LogP contribution is -2.47. The predicted octanol–water partition coefficient (Wildman–Crippen LogP) is 2.11. The summed E-state index contributed by atoms with van der Waals surface area (Å²) in [5.41, 5.74) is 0. The molecule has 0 atom stereocenters. The van der Waals surface area contributed by atoms with Crippen LogP contribution in [-0.2, 0) is 9.59 Å². The van der Waals surface area contributed by atoms with Crippen LogP contribution in [0.3, 0.4) is 0 Å². The molecule has 0 unspecified atom stereocenters. The molecule has 0 aromatic heterocycles. The second kappa shape index (κ2) is 5.78. The van der Waals surface area contributed by atoms with E-state index < -0.39 is 0 Å². The molecule has 0 aromatic rings. The van der Waals surface area contributed by atoms with Gasteiger partial charge in [0.1, 0.15) is 0 Å². The fraction of sp³-hybridized carbons (Fsp3) is 0.818. The summed E-state index contributed by atoms with van der Waals surface area (Å²) in [5.74, 6) is 0.0290. The third-order valence-corrected chi connectivity index (χ3v) is 2.65.